The van der Waals surface area contributed by atoms with Crippen LogP contribution in [-0.4, -0.2) is 43.9 Å². The van der Waals surface area contributed by atoms with E-state index in [-0.39, 0.29) is 6.54 Å². The summed E-state index contributed by atoms with van der Waals surface area (Å²) in [4.78, 5) is 37.6. The Morgan fingerprint density at radius 2 is 1.72 bits per heavy atom. The summed E-state index contributed by atoms with van der Waals surface area (Å²) >= 11 is 0. The number of imidazole rings is 1. The molecule has 3 heterocycles. The lowest BCUT2D eigenvalue weighted by molar-refractivity contribution is 0.325. The number of aryl methyl sites for hydroxylation is 2. The first kappa shape index (κ1) is 25.5. The number of hydrogen-bond donors (Lipinski definition) is 0. The van der Waals surface area contributed by atoms with E-state index in [1.165, 1.54) is 4.57 Å². The molecule has 5 aromatic rings. The number of hydrogen-bond acceptors (Lipinski definition) is 7. The van der Waals surface area contributed by atoms with Crippen LogP contribution in [0, 0.1) is 11.3 Å². The summed E-state index contributed by atoms with van der Waals surface area (Å²) in [5.41, 5.74) is 1.44. The highest BCUT2D eigenvalue weighted by Gasteiger charge is 2.20. The van der Waals surface area contributed by atoms with Gasteiger partial charge in [0.2, 0.25) is 0 Å². The molecule has 0 unspecified atom stereocenters. The number of anilines is 1. The zero-order valence-corrected chi connectivity index (χ0v) is 21.9. The minimum atomic E-state index is -0.496. The molecule has 0 saturated carbocycles. The summed E-state index contributed by atoms with van der Waals surface area (Å²) in [6.45, 7) is 1.14. The third-order valence-electron chi connectivity index (χ3n) is 6.67. The molecule has 0 amide bonds. The maximum Gasteiger partial charge on any atom is 0.332 e. The van der Waals surface area contributed by atoms with Crippen molar-refractivity contribution in [1.82, 2.24) is 23.7 Å². The summed E-state index contributed by atoms with van der Waals surface area (Å²) < 4.78 is 10.1. The largest absolute Gasteiger partial charge is 0.492 e. The molecule has 0 radical (unpaired) electrons. The Hall–Kier alpha value is -5.17. The SMILES string of the molecule is CN(CCOc1ccc(-c2nc3c(c(=O)n(Cc4ccccc4C#N)c(=O)n3C)n2C)cc1)c1ccccn1. The fourth-order valence-corrected chi connectivity index (χ4v) is 4.47. The third kappa shape index (κ3) is 4.90. The van der Waals surface area contributed by atoms with Gasteiger partial charge in [0.1, 0.15) is 24.0 Å². The van der Waals surface area contributed by atoms with Crippen molar-refractivity contribution >= 4 is 17.0 Å². The van der Waals surface area contributed by atoms with E-state index in [2.05, 4.69) is 16.0 Å². The maximum atomic E-state index is 13.5. The Morgan fingerprint density at radius 3 is 2.44 bits per heavy atom. The van der Waals surface area contributed by atoms with Crippen molar-refractivity contribution in [3.8, 4) is 23.2 Å². The first-order chi connectivity index (χ1) is 18.9. The molecule has 0 aliphatic carbocycles. The van der Waals surface area contributed by atoms with Crippen molar-refractivity contribution in [2.24, 2.45) is 14.1 Å². The van der Waals surface area contributed by atoms with Gasteiger partial charge in [0, 0.05) is 32.9 Å². The lowest BCUT2D eigenvalue weighted by atomic mass is 10.1. The van der Waals surface area contributed by atoms with Gasteiger partial charge in [-0.1, -0.05) is 24.3 Å². The normalized spacial score (nSPS) is 10.9. The molecule has 5 rings (SSSR count). The van der Waals surface area contributed by atoms with Crippen LogP contribution in [0.5, 0.6) is 5.75 Å². The Kier molecular flexibility index (Phi) is 6.97. The third-order valence-corrected chi connectivity index (χ3v) is 6.67. The summed E-state index contributed by atoms with van der Waals surface area (Å²) in [6.07, 6.45) is 1.76. The van der Waals surface area contributed by atoms with Gasteiger partial charge in [-0.2, -0.15) is 5.26 Å². The summed E-state index contributed by atoms with van der Waals surface area (Å²) in [7, 11) is 5.30. The Morgan fingerprint density at radius 1 is 0.974 bits per heavy atom. The van der Waals surface area contributed by atoms with Gasteiger partial charge in [-0.15, -0.1) is 0 Å². The van der Waals surface area contributed by atoms with Gasteiger partial charge in [0.25, 0.3) is 5.56 Å². The predicted molar refractivity (Wildman–Crippen MR) is 149 cm³/mol. The van der Waals surface area contributed by atoms with E-state index in [1.807, 2.05) is 54.4 Å². The van der Waals surface area contributed by atoms with Crippen LogP contribution in [0.25, 0.3) is 22.6 Å². The molecule has 2 aromatic carbocycles. The molecule has 10 heteroatoms. The Labute approximate surface area is 224 Å². The number of rotatable bonds is 8. The Balaban J connectivity index is 1.40. The topological polar surface area (TPSA) is 111 Å². The number of benzene rings is 2. The van der Waals surface area contributed by atoms with Crippen LogP contribution in [0.2, 0.25) is 0 Å². The van der Waals surface area contributed by atoms with Crippen LogP contribution >= 0.6 is 0 Å². The quantitative estimate of drug-likeness (QED) is 0.309. The Bertz CT molecular complexity index is 1800. The number of likely N-dealkylation sites (N-methyl/N-ethyl adjacent to an activating group) is 1. The van der Waals surface area contributed by atoms with Crippen LogP contribution in [0.1, 0.15) is 11.1 Å². The van der Waals surface area contributed by atoms with Gasteiger partial charge in [-0.3, -0.25) is 13.9 Å². The average Bonchev–Trinajstić information content (AvgIpc) is 3.32. The average molecular weight is 522 g/mol. The number of pyridine rings is 1. The van der Waals surface area contributed by atoms with Crippen molar-refractivity contribution in [2.45, 2.75) is 6.54 Å². The van der Waals surface area contributed by atoms with Crippen molar-refractivity contribution in [2.75, 3.05) is 25.1 Å². The number of aromatic nitrogens is 5. The lowest BCUT2D eigenvalue weighted by Crippen LogP contribution is -2.40. The van der Waals surface area contributed by atoms with E-state index < -0.39 is 11.2 Å². The number of ether oxygens (including phenoxy) is 1. The maximum absolute atomic E-state index is 13.5. The van der Waals surface area contributed by atoms with Gasteiger partial charge in [-0.25, -0.2) is 14.8 Å². The van der Waals surface area contributed by atoms with E-state index in [1.54, 1.807) is 49.1 Å². The van der Waals surface area contributed by atoms with Crippen LogP contribution < -0.4 is 20.9 Å². The van der Waals surface area contributed by atoms with Gasteiger partial charge in [0.05, 0.1) is 24.7 Å². The zero-order valence-electron chi connectivity index (χ0n) is 21.9. The van der Waals surface area contributed by atoms with E-state index in [0.29, 0.717) is 47.0 Å². The van der Waals surface area contributed by atoms with Crippen molar-refractivity contribution < 1.29 is 4.74 Å². The van der Waals surface area contributed by atoms with Gasteiger partial charge in [0.15, 0.2) is 11.2 Å². The molecule has 39 heavy (non-hydrogen) atoms. The first-order valence-electron chi connectivity index (χ1n) is 12.4. The molecule has 0 bridgehead atoms. The van der Waals surface area contributed by atoms with Crippen molar-refractivity contribution in [3.63, 3.8) is 0 Å². The van der Waals surface area contributed by atoms with Gasteiger partial charge in [-0.05, 0) is 48.0 Å². The van der Waals surface area contributed by atoms with Crippen molar-refractivity contribution in [3.05, 3.63) is 105 Å². The summed E-state index contributed by atoms with van der Waals surface area (Å²) in [5, 5.41) is 9.43. The molecular weight excluding hydrogens is 494 g/mol. The van der Waals surface area contributed by atoms with E-state index in [0.717, 1.165) is 15.9 Å². The van der Waals surface area contributed by atoms with E-state index in [9.17, 15) is 14.9 Å². The molecule has 0 N–H and O–H groups in total. The molecule has 0 aliphatic heterocycles. The van der Waals surface area contributed by atoms with Gasteiger partial charge >= 0.3 is 5.69 Å². The number of nitriles is 1. The zero-order chi connectivity index (χ0) is 27.5. The summed E-state index contributed by atoms with van der Waals surface area (Å²) in [6, 6.07) is 22.3. The smallest absolute Gasteiger partial charge is 0.332 e. The highest BCUT2D eigenvalue weighted by atomic mass is 16.5. The van der Waals surface area contributed by atoms with Crippen LogP contribution in [0.4, 0.5) is 5.82 Å². The van der Waals surface area contributed by atoms with Crippen molar-refractivity contribution in [1.29, 1.82) is 5.26 Å². The molecule has 0 spiro atoms. The second kappa shape index (κ2) is 10.7. The first-order valence-corrected chi connectivity index (χ1v) is 12.4. The second-order valence-electron chi connectivity index (χ2n) is 9.15. The van der Waals surface area contributed by atoms with Crippen LogP contribution in [0.3, 0.4) is 0 Å². The molecule has 0 atom stereocenters. The van der Waals surface area contributed by atoms with Crippen LogP contribution in [-0.2, 0) is 20.6 Å². The van der Waals surface area contributed by atoms with E-state index in [4.69, 9.17) is 4.74 Å². The standard InChI is InChI=1S/C29H27N7O3/c1-33(24-10-6-7-15-31-24)16-17-39-23-13-11-20(12-14-23)26-32-27-25(34(26)2)28(37)36(29(38)35(27)3)19-22-9-5-4-8-21(22)18-30/h4-15H,16-17,19H2,1-3H3. The summed E-state index contributed by atoms with van der Waals surface area (Å²) in [5.74, 6) is 2.13. The molecule has 0 saturated heterocycles. The van der Waals surface area contributed by atoms with E-state index >= 15 is 0 Å². The highest BCUT2D eigenvalue weighted by Crippen LogP contribution is 2.24. The molecular formula is C29H27N7O3. The minimum Gasteiger partial charge on any atom is -0.492 e. The number of nitrogens with zero attached hydrogens (tertiary/aromatic N) is 7. The molecule has 10 nitrogen and oxygen atoms in total. The fourth-order valence-electron chi connectivity index (χ4n) is 4.47. The molecule has 0 aliphatic rings. The molecule has 0 fully saturated rings. The second-order valence-corrected chi connectivity index (χ2v) is 9.15. The minimum absolute atomic E-state index is 0.00669. The number of fused-ring (bicyclic) bond motifs is 1. The van der Waals surface area contributed by atoms with Gasteiger partial charge < -0.3 is 14.2 Å². The molecule has 196 valence electrons. The lowest BCUT2D eigenvalue weighted by Gasteiger charge is -2.18. The van der Waals surface area contributed by atoms with Crippen LogP contribution in [0.15, 0.2) is 82.5 Å². The fraction of sp³-hybridized carbons (Fsp3) is 0.207. The highest BCUT2D eigenvalue weighted by molar-refractivity contribution is 5.77. The molecule has 3 aromatic heterocycles. The predicted octanol–water partition coefficient (Wildman–Crippen LogP) is 2.93. The monoisotopic (exact) mass is 521 g/mol.